The molecule has 1 aromatic heterocycles. The van der Waals surface area contributed by atoms with Gasteiger partial charge >= 0.3 is 0 Å². The number of nitrogens with two attached hydrogens (primary N) is 1. The summed E-state index contributed by atoms with van der Waals surface area (Å²) in [6.45, 7) is 3.47. The number of hydrogen-bond donors (Lipinski definition) is 1. The molecule has 0 amide bonds. The quantitative estimate of drug-likeness (QED) is 0.906. The Kier molecular flexibility index (Phi) is 3.84. The lowest BCUT2D eigenvalue weighted by atomic mass is 9.80. The lowest BCUT2D eigenvalue weighted by Crippen LogP contribution is -2.27. The summed E-state index contributed by atoms with van der Waals surface area (Å²) in [6, 6.07) is -0.0101. The van der Waals surface area contributed by atoms with Crippen LogP contribution in [-0.2, 0) is 4.74 Å². The largest absolute Gasteiger partial charge is 0.379 e. The van der Waals surface area contributed by atoms with Gasteiger partial charge in [-0.15, -0.1) is 0 Å². The SMILES string of the molecule is CCC1CCC(c2noc(C3COCC3N)n2)CC1. The van der Waals surface area contributed by atoms with Crippen molar-refractivity contribution in [3.63, 3.8) is 0 Å². The summed E-state index contributed by atoms with van der Waals surface area (Å²) in [6.07, 6.45) is 6.24. The molecule has 2 unspecified atom stereocenters. The molecule has 19 heavy (non-hydrogen) atoms. The van der Waals surface area contributed by atoms with Gasteiger partial charge in [-0.1, -0.05) is 18.5 Å². The minimum Gasteiger partial charge on any atom is -0.379 e. The van der Waals surface area contributed by atoms with Crippen molar-refractivity contribution >= 4 is 0 Å². The van der Waals surface area contributed by atoms with E-state index in [2.05, 4.69) is 17.1 Å². The number of hydrogen-bond acceptors (Lipinski definition) is 5. The van der Waals surface area contributed by atoms with Crippen molar-refractivity contribution in [3.8, 4) is 0 Å². The Bertz CT molecular complexity index is 413. The molecule has 0 aromatic carbocycles. The third kappa shape index (κ3) is 2.67. The van der Waals surface area contributed by atoms with Crippen molar-refractivity contribution < 1.29 is 9.26 Å². The molecule has 1 aliphatic carbocycles. The maximum atomic E-state index is 5.98. The average molecular weight is 265 g/mol. The minimum atomic E-state index is -0.0101. The van der Waals surface area contributed by atoms with Gasteiger partial charge in [0.15, 0.2) is 5.82 Å². The predicted octanol–water partition coefficient (Wildman–Crippen LogP) is 2.19. The highest BCUT2D eigenvalue weighted by atomic mass is 16.5. The smallest absolute Gasteiger partial charge is 0.233 e. The molecule has 2 fully saturated rings. The van der Waals surface area contributed by atoms with Crippen molar-refractivity contribution in [2.75, 3.05) is 13.2 Å². The molecular weight excluding hydrogens is 242 g/mol. The summed E-state index contributed by atoms with van der Waals surface area (Å²) in [5.74, 6) is 2.98. The highest BCUT2D eigenvalue weighted by molar-refractivity contribution is 5.04. The van der Waals surface area contributed by atoms with Crippen LogP contribution in [0.5, 0.6) is 0 Å². The molecule has 0 spiro atoms. The second kappa shape index (κ2) is 5.59. The van der Waals surface area contributed by atoms with Crippen LogP contribution in [0.1, 0.15) is 62.6 Å². The van der Waals surface area contributed by atoms with Crippen LogP contribution in [0.4, 0.5) is 0 Å². The Hall–Kier alpha value is -0.940. The Morgan fingerprint density at radius 1 is 1.21 bits per heavy atom. The topological polar surface area (TPSA) is 74.2 Å². The maximum absolute atomic E-state index is 5.98. The summed E-state index contributed by atoms with van der Waals surface area (Å²) < 4.78 is 10.8. The Balaban J connectivity index is 1.65. The molecule has 1 aliphatic heterocycles. The molecule has 2 heterocycles. The van der Waals surface area contributed by atoms with Gasteiger partial charge in [0, 0.05) is 12.0 Å². The van der Waals surface area contributed by atoms with E-state index in [4.69, 9.17) is 15.0 Å². The standard InChI is InChI=1S/C14H23N3O2/c1-2-9-3-5-10(6-4-9)13-16-14(19-17-13)11-7-18-8-12(11)15/h9-12H,2-8,15H2,1H3. The van der Waals surface area contributed by atoms with Gasteiger partial charge in [-0.05, 0) is 31.6 Å². The van der Waals surface area contributed by atoms with Crippen LogP contribution >= 0.6 is 0 Å². The van der Waals surface area contributed by atoms with Crippen LogP contribution in [0.15, 0.2) is 4.52 Å². The fourth-order valence-electron chi connectivity index (χ4n) is 3.22. The molecule has 2 atom stereocenters. The fraction of sp³-hybridized carbons (Fsp3) is 0.857. The first kappa shape index (κ1) is 13.1. The van der Waals surface area contributed by atoms with Crippen molar-refractivity contribution in [2.45, 2.75) is 56.9 Å². The Morgan fingerprint density at radius 3 is 2.63 bits per heavy atom. The molecular formula is C14H23N3O2. The molecule has 3 rings (SSSR count). The predicted molar refractivity (Wildman–Crippen MR) is 70.8 cm³/mol. The summed E-state index contributed by atoms with van der Waals surface area (Å²) in [5, 5.41) is 4.17. The van der Waals surface area contributed by atoms with Crippen molar-refractivity contribution in [1.29, 1.82) is 0 Å². The highest BCUT2D eigenvalue weighted by Crippen LogP contribution is 2.36. The first-order chi connectivity index (χ1) is 9.28. The minimum absolute atomic E-state index is 0.0101. The third-order valence-corrected chi connectivity index (χ3v) is 4.69. The van der Waals surface area contributed by atoms with Gasteiger partial charge in [-0.25, -0.2) is 0 Å². The van der Waals surface area contributed by atoms with Gasteiger partial charge in [-0.2, -0.15) is 4.98 Å². The molecule has 2 N–H and O–H groups in total. The normalized spacial score (nSPS) is 35.7. The number of ether oxygens (including phenoxy) is 1. The van der Waals surface area contributed by atoms with Gasteiger partial charge in [0.25, 0.3) is 0 Å². The second-order valence-electron chi connectivity index (χ2n) is 5.92. The van der Waals surface area contributed by atoms with Gasteiger partial charge < -0.3 is 15.0 Å². The van der Waals surface area contributed by atoms with Gasteiger partial charge in [0.1, 0.15) is 0 Å². The number of nitrogens with zero attached hydrogens (tertiary/aromatic N) is 2. The molecule has 1 aromatic rings. The lowest BCUT2D eigenvalue weighted by molar-refractivity contribution is 0.187. The molecule has 5 nitrogen and oxygen atoms in total. The van der Waals surface area contributed by atoms with E-state index in [1.54, 1.807) is 0 Å². The Labute approximate surface area is 113 Å². The van der Waals surface area contributed by atoms with Crippen LogP contribution in [-0.4, -0.2) is 29.4 Å². The second-order valence-corrected chi connectivity index (χ2v) is 5.92. The van der Waals surface area contributed by atoms with Crippen LogP contribution in [0.2, 0.25) is 0 Å². The highest BCUT2D eigenvalue weighted by Gasteiger charge is 2.33. The third-order valence-electron chi connectivity index (χ3n) is 4.69. The van der Waals surface area contributed by atoms with E-state index in [1.807, 2.05) is 0 Å². The molecule has 1 saturated carbocycles. The van der Waals surface area contributed by atoms with Crippen molar-refractivity contribution in [3.05, 3.63) is 11.7 Å². The fourth-order valence-corrected chi connectivity index (χ4v) is 3.22. The Morgan fingerprint density at radius 2 is 2.00 bits per heavy atom. The first-order valence-electron chi connectivity index (χ1n) is 7.44. The number of rotatable bonds is 3. The maximum Gasteiger partial charge on any atom is 0.233 e. The molecule has 5 heteroatoms. The zero-order valence-electron chi connectivity index (χ0n) is 11.5. The zero-order chi connectivity index (χ0) is 13.2. The summed E-state index contributed by atoms with van der Waals surface area (Å²) in [5.41, 5.74) is 5.98. The zero-order valence-corrected chi connectivity index (χ0v) is 11.5. The molecule has 0 bridgehead atoms. The lowest BCUT2D eigenvalue weighted by Gasteiger charge is -2.25. The van der Waals surface area contributed by atoms with Crippen LogP contribution in [0, 0.1) is 5.92 Å². The summed E-state index contributed by atoms with van der Waals surface area (Å²) in [7, 11) is 0. The van der Waals surface area contributed by atoms with E-state index in [1.165, 1.54) is 32.1 Å². The number of aromatic nitrogens is 2. The van der Waals surface area contributed by atoms with Gasteiger partial charge in [-0.3, -0.25) is 0 Å². The van der Waals surface area contributed by atoms with E-state index in [9.17, 15) is 0 Å². The van der Waals surface area contributed by atoms with E-state index in [0.717, 1.165) is 11.7 Å². The van der Waals surface area contributed by atoms with E-state index >= 15 is 0 Å². The van der Waals surface area contributed by atoms with E-state index in [0.29, 0.717) is 25.0 Å². The molecule has 2 aliphatic rings. The van der Waals surface area contributed by atoms with Gasteiger partial charge in [0.05, 0.1) is 19.1 Å². The van der Waals surface area contributed by atoms with Crippen molar-refractivity contribution in [2.24, 2.45) is 11.7 Å². The van der Waals surface area contributed by atoms with Crippen LogP contribution < -0.4 is 5.73 Å². The van der Waals surface area contributed by atoms with Crippen LogP contribution in [0.3, 0.4) is 0 Å². The first-order valence-corrected chi connectivity index (χ1v) is 7.44. The van der Waals surface area contributed by atoms with E-state index < -0.39 is 0 Å². The van der Waals surface area contributed by atoms with E-state index in [-0.39, 0.29) is 12.0 Å². The molecule has 1 saturated heterocycles. The summed E-state index contributed by atoms with van der Waals surface area (Å²) in [4.78, 5) is 4.58. The summed E-state index contributed by atoms with van der Waals surface area (Å²) >= 11 is 0. The molecule has 106 valence electrons. The van der Waals surface area contributed by atoms with Crippen LogP contribution in [0.25, 0.3) is 0 Å². The van der Waals surface area contributed by atoms with Gasteiger partial charge in [0.2, 0.25) is 5.89 Å². The average Bonchev–Trinajstić information content (AvgIpc) is 3.07. The monoisotopic (exact) mass is 265 g/mol. The molecule has 0 radical (unpaired) electrons. The van der Waals surface area contributed by atoms with Crippen molar-refractivity contribution in [1.82, 2.24) is 10.1 Å².